The van der Waals surface area contributed by atoms with E-state index in [0.717, 1.165) is 37.4 Å². The van der Waals surface area contributed by atoms with Gasteiger partial charge in [-0.2, -0.15) is 0 Å². The van der Waals surface area contributed by atoms with Crippen molar-refractivity contribution in [2.24, 2.45) is 0 Å². The lowest BCUT2D eigenvalue weighted by Gasteiger charge is -2.27. The summed E-state index contributed by atoms with van der Waals surface area (Å²) < 4.78 is 5.54. The van der Waals surface area contributed by atoms with E-state index in [9.17, 15) is 0 Å². The minimum atomic E-state index is 0.170. The standard InChI is InChI=1S/C13H22N2O/c1-4-8-14-9-11-10-6-5-7-13(2,3)12(10)16-15-11/h14H,4-9H2,1-3H3. The maximum atomic E-state index is 5.54. The van der Waals surface area contributed by atoms with Crippen molar-refractivity contribution in [2.75, 3.05) is 6.54 Å². The Bertz CT molecular complexity index is 355. The third-order valence-corrected chi connectivity index (χ3v) is 3.43. The summed E-state index contributed by atoms with van der Waals surface area (Å²) in [7, 11) is 0. The number of fused-ring (bicyclic) bond motifs is 1. The monoisotopic (exact) mass is 222 g/mol. The number of hydrogen-bond acceptors (Lipinski definition) is 3. The first-order valence-corrected chi connectivity index (χ1v) is 6.34. The molecule has 1 heterocycles. The van der Waals surface area contributed by atoms with Crippen molar-refractivity contribution in [3.8, 4) is 0 Å². The number of nitrogens with one attached hydrogen (secondary N) is 1. The van der Waals surface area contributed by atoms with E-state index in [1.165, 1.54) is 18.4 Å². The van der Waals surface area contributed by atoms with Gasteiger partial charge in [0.2, 0.25) is 0 Å². The Morgan fingerprint density at radius 3 is 3.00 bits per heavy atom. The van der Waals surface area contributed by atoms with E-state index >= 15 is 0 Å². The zero-order valence-electron chi connectivity index (χ0n) is 10.6. The molecule has 0 amide bonds. The lowest BCUT2D eigenvalue weighted by molar-refractivity contribution is 0.286. The topological polar surface area (TPSA) is 38.1 Å². The average Bonchev–Trinajstić information content (AvgIpc) is 2.63. The number of hydrogen-bond donors (Lipinski definition) is 1. The molecule has 1 aliphatic carbocycles. The van der Waals surface area contributed by atoms with Crippen LogP contribution in [0.5, 0.6) is 0 Å². The van der Waals surface area contributed by atoms with E-state index in [4.69, 9.17) is 4.52 Å². The molecule has 2 rings (SSSR count). The predicted octanol–water partition coefficient (Wildman–Crippen LogP) is 2.79. The zero-order chi connectivity index (χ0) is 11.6. The van der Waals surface area contributed by atoms with Crippen molar-refractivity contribution in [2.45, 2.75) is 58.4 Å². The van der Waals surface area contributed by atoms with E-state index in [1.807, 2.05) is 0 Å². The van der Waals surface area contributed by atoms with Crippen LogP contribution in [0.25, 0.3) is 0 Å². The number of nitrogens with zero attached hydrogens (tertiary/aromatic N) is 1. The fourth-order valence-electron chi connectivity index (χ4n) is 2.48. The van der Waals surface area contributed by atoms with Crippen LogP contribution in [0.2, 0.25) is 0 Å². The Labute approximate surface area is 97.6 Å². The lowest BCUT2D eigenvalue weighted by atomic mass is 9.77. The Hall–Kier alpha value is -0.830. The van der Waals surface area contributed by atoms with Crippen LogP contribution in [0, 0.1) is 0 Å². The molecule has 1 aromatic rings. The first kappa shape index (κ1) is 11.6. The van der Waals surface area contributed by atoms with Gasteiger partial charge in [0, 0.05) is 17.5 Å². The van der Waals surface area contributed by atoms with E-state index in [1.54, 1.807) is 0 Å². The van der Waals surface area contributed by atoms with E-state index in [2.05, 4.69) is 31.2 Å². The molecule has 1 N–H and O–H groups in total. The van der Waals surface area contributed by atoms with Crippen LogP contribution < -0.4 is 5.32 Å². The molecular formula is C13H22N2O. The Balaban J connectivity index is 2.14. The molecule has 0 bridgehead atoms. The molecule has 0 saturated heterocycles. The number of aromatic nitrogens is 1. The first-order valence-electron chi connectivity index (χ1n) is 6.34. The highest BCUT2D eigenvalue weighted by Gasteiger charge is 2.33. The third kappa shape index (κ3) is 2.14. The van der Waals surface area contributed by atoms with Gasteiger partial charge in [0.25, 0.3) is 0 Å². The van der Waals surface area contributed by atoms with Gasteiger partial charge in [-0.1, -0.05) is 25.9 Å². The highest BCUT2D eigenvalue weighted by atomic mass is 16.5. The summed E-state index contributed by atoms with van der Waals surface area (Å²) in [6.45, 7) is 8.57. The Morgan fingerprint density at radius 2 is 2.25 bits per heavy atom. The van der Waals surface area contributed by atoms with Crippen LogP contribution in [0.3, 0.4) is 0 Å². The van der Waals surface area contributed by atoms with E-state index in [0.29, 0.717) is 0 Å². The summed E-state index contributed by atoms with van der Waals surface area (Å²) in [4.78, 5) is 0. The SMILES string of the molecule is CCCNCc1noc2c1CCCC2(C)C. The van der Waals surface area contributed by atoms with Crippen molar-refractivity contribution >= 4 is 0 Å². The van der Waals surface area contributed by atoms with Crippen molar-refractivity contribution in [1.29, 1.82) is 0 Å². The van der Waals surface area contributed by atoms with Crippen molar-refractivity contribution in [1.82, 2.24) is 10.5 Å². The second-order valence-corrected chi connectivity index (χ2v) is 5.35. The van der Waals surface area contributed by atoms with E-state index in [-0.39, 0.29) is 5.41 Å². The van der Waals surface area contributed by atoms with E-state index < -0.39 is 0 Å². The Morgan fingerprint density at radius 1 is 1.44 bits per heavy atom. The molecule has 0 aromatic carbocycles. The van der Waals surface area contributed by atoms with Crippen molar-refractivity contribution in [3.05, 3.63) is 17.0 Å². The van der Waals surface area contributed by atoms with Gasteiger partial charge in [-0.05, 0) is 32.2 Å². The van der Waals surface area contributed by atoms with Gasteiger partial charge in [-0.25, -0.2) is 0 Å². The molecule has 0 unspecified atom stereocenters. The minimum absolute atomic E-state index is 0.170. The van der Waals surface area contributed by atoms with Gasteiger partial charge in [0.1, 0.15) is 11.5 Å². The Kier molecular flexibility index (Phi) is 3.33. The molecule has 0 radical (unpaired) electrons. The summed E-state index contributed by atoms with van der Waals surface area (Å²) in [5.41, 5.74) is 2.65. The highest BCUT2D eigenvalue weighted by Crippen LogP contribution is 2.37. The molecule has 3 heteroatoms. The largest absolute Gasteiger partial charge is 0.360 e. The number of rotatable bonds is 4. The normalized spacial score (nSPS) is 18.4. The van der Waals surface area contributed by atoms with Crippen LogP contribution in [0.1, 0.15) is 57.1 Å². The first-order chi connectivity index (χ1) is 7.65. The fourth-order valence-corrected chi connectivity index (χ4v) is 2.48. The minimum Gasteiger partial charge on any atom is -0.360 e. The predicted molar refractivity (Wildman–Crippen MR) is 64.5 cm³/mol. The molecule has 0 atom stereocenters. The molecule has 90 valence electrons. The zero-order valence-corrected chi connectivity index (χ0v) is 10.6. The molecule has 1 aliphatic rings. The van der Waals surface area contributed by atoms with Crippen LogP contribution in [-0.4, -0.2) is 11.7 Å². The van der Waals surface area contributed by atoms with Crippen LogP contribution in [0.15, 0.2) is 4.52 Å². The summed E-state index contributed by atoms with van der Waals surface area (Å²) in [5, 5.41) is 7.62. The second-order valence-electron chi connectivity index (χ2n) is 5.35. The molecule has 3 nitrogen and oxygen atoms in total. The van der Waals surface area contributed by atoms with Crippen LogP contribution in [-0.2, 0) is 18.4 Å². The van der Waals surface area contributed by atoms with Gasteiger partial charge in [-0.15, -0.1) is 0 Å². The lowest BCUT2D eigenvalue weighted by Crippen LogP contribution is -2.23. The average molecular weight is 222 g/mol. The fraction of sp³-hybridized carbons (Fsp3) is 0.769. The summed E-state index contributed by atoms with van der Waals surface area (Å²) >= 11 is 0. The van der Waals surface area contributed by atoms with Crippen LogP contribution >= 0.6 is 0 Å². The molecule has 0 fully saturated rings. The maximum absolute atomic E-state index is 5.54. The maximum Gasteiger partial charge on any atom is 0.145 e. The van der Waals surface area contributed by atoms with Crippen molar-refractivity contribution in [3.63, 3.8) is 0 Å². The smallest absolute Gasteiger partial charge is 0.145 e. The highest BCUT2D eigenvalue weighted by molar-refractivity contribution is 5.30. The van der Waals surface area contributed by atoms with Gasteiger partial charge in [0.15, 0.2) is 0 Å². The van der Waals surface area contributed by atoms with Gasteiger partial charge in [0.05, 0.1) is 0 Å². The summed E-state index contributed by atoms with van der Waals surface area (Å²) in [5.74, 6) is 1.12. The second kappa shape index (κ2) is 4.58. The van der Waals surface area contributed by atoms with Gasteiger partial charge >= 0.3 is 0 Å². The van der Waals surface area contributed by atoms with Gasteiger partial charge in [-0.3, -0.25) is 0 Å². The molecule has 0 saturated carbocycles. The molecule has 16 heavy (non-hydrogen) atoms. The summed E-state index contributed by atoms with van der Waals surface area (Å²) in [6, 6.07) is 0. The molecule has 0 spiro atoms. The van der Waals surface area contributed by atoms with Crippen LogP contribution in [0.4, 0.5) is 0 Å². The molecule has 0 aliphatic heterocycles. The molecular weight excluding hydrogens is 200 g/mol. The third-order valence-electron chi connectivity index (χ3n) is 3.43. The van der Waals surface area contributed by atoms with Gasteiger partial charge < -0.3 is 9.84 Å². The summed E-state index contributed by atoms with van der Waals surface area (Å²) in [6.07, 6.45) is 4.75. The quantitative estimate of drug-likeness (QED) is 0.796. The van der Waals surface area contributed by atoms with Crippen molar-refractivity contribution < 1.29 is 4.52 Å². The molecule has 1 aromatic heterocycles.